The number of amidine groups is 1. The van der Waals surface area contributed by atoms with Gasteiger partial charge in [-0.3, -0.25) is 4.98 Å². The highest BCUT2D eigenvalue weighted by atomic mass is 32.2. The molecule has 0 bridgehead atoms. The molecular weight excluding hydrogens is 347 g/mol. The summed E-state index contributed by atoms with van der Waals surface area (Å²) in [5, 5.41) is 0. The Hall–Kier alpha value is -2.02. The zero-order chi connectivity index (χ0) is 18.6. The third-order valence-electron chi connectivity index (χ3n) is 3.45. The van der Waals surface area contributed by atoms with Crippen molar-refractivity contribution in [3.05, 3.63) is 53.3 Å². The second kappa shape index (κ2) is 7.91. The number of benzene rings is 1. The SMILES string of the molecule is Cc1cc(C)c(SCC(F)(F)F)cc1/N=C(/c1cccnc1)N(C)C. The Kier molecular flexibility index (Phi) is 6.11. The van der Waals surface area contributed by atoms with Crippen LogP contribution in [0.25, 0.3) is 0 Å². The number of aliphatic imine (C=N–C) groups is 1. The van der Waals surface area contributed by atoms with E-state index in [0.717, 1.165) is 28.5 Å². The molecule has 1 aromatic heterocycles. The second-order valence-electron chi connectivity index (χ2n) is 5.88. The maximum absolute atomic E-state index is 12.5. The van der Waals surface area contributed by atoms with E-state index in [9.17, 15) is 13.2 Å². The van der Waals surface area contributed by atoms with Crippen molar-refractivity contribution in [3.8, 4) is 0 Å². The summed E-state index contributed by atoms with van der Waals surface area (Å²) in [4.78, 5) is 11.2. The zero-order valence-electron chi connectivity index (χ0n) is 14.6. The van der Waals surface area contributed by atoms with Gasteiger partial charge >= 0.3 is 6.18 Å². The maximum Gasteiger partial charge on any atom is 0.398 e. The minimum atomic E-state index is -4.20. The number of rotatable bonds is 4. The largest absolute Gasteiger partial charge is 0.398 e. The van der Waals surface area contributed by atoms with Gasteiger partial charge < -0.3 is 4.90 Å². The number of halogens is 3. The monoisotopic (exact) mass is 367 g/mol. The third kappa shape index (κ3) is 5.49. The van der Waals surface area contributed by atoms with E-state index in [0.29, 0.717) is 16.4 Å². The first-order chi connectivity index (χ1) is 11.7. The number of alkyl halides is 3. The van der Waals surface area contributed by atoms with E-state index in [1.54, 1.807) is 18.5 Å². The highest BCUT2D eigenvalue weighted by Crippen LogP contribution is 2.34. The summed E-state index contributed by atoms with van der Waals surface area (Å²) in [5.41, 5.74) is 3.23. The molecule has 1 heterocycles. The molecule has 0 aliphatic heterocycles. The molecule has 3 nitrogen and oxygen atoms in total. The molecule has 0 saturated heterocycles. The number of nitrogens with zero attached hydrogens (tertiary/aromatic N) is 3. The van der Waals surface area contributed by atoms with Crippen LogP contribution in [0.5, 0.6) is 0 Å². The van der Waals surface area contributed by atoms with Crippen LogP contribution in [-0.4, -0.2) is 41.7 Å². The number of hydrogen-bond donors (Lipinski definition) is 0. The van der Waals surface area contributed by atoms with Crippen LogP contribution in [0, 0.1) is 13.8 Å². The average molecular weight is 367 g/mol. The molecule has 134 valence electrons. The highest BCUT2D eigenvalue weighted by molar-refractivity contribution is 7.99. The van der Waals surface area contributed by atoms with Crippen LogP contribution in [0.4, 0.5) is 18.9 Å². The Bertz CT molecular complexity index is 756. The van der Waals surface area contributed by atoms with Crippen molar-refractivity contribution in [2.45, 2.75) is 24.9 Å². The number of pyridine rings is 1. The Morgan fingerprint density at radius 2 is 1.92 bits per heavy atom. The molecule has 0 spiro atoms. The van der Waals surface area contributed by atoms with Gasteiger partial charge in [0.2, 0.25) is 0 Å². The van der Waals surface area contributed by atoms with Gasteiger partial charge in [0.15, 0.2) is 0 Å². The first kappa shape index (κ1) is 19.3. The molecule has 0 atom stereocenters. The lowest BCUT2D eigenvalue weighted by Gasteiger charge is -2.17. The molecule has 0 aliphatic rings. The molecule has 0 radical (unpaired) electrons. The summed E-state index contributed by atoms with van der Waals surface area (Å²) >= 11 is 0.788. The van der Waals surface area contributed by atoms with Crippen LogP contribution in [-0.2, 0) is 0 Å². The number of aromatic nitrogens is 1. The predicted molar refractivity (Wildman–Crippen MR) is 96.8 cm³/mol. The summed E-state index contributed by atoms with van der Waals surface area (Å²) in [7, 11) is 3.74. The van der Waals surface area contributed by atoms with Crippen molar-refractivity contribution < 1.29 is 13.2 Å². The molecule has 25 heavy (non-hydrogen) atoms. The lowest BCUT2D eigenvalue weighted by atomic mass is 10.1. The molecule has 0 aliphatic carbocycles. The van der Waals surface area contributed by atoms with E-state index in [1.807, 2.05) is 51.0 Å². The fourth-order valence-corrected chi connectivity index (χ4v) is 3.09. The summed E-state index contributed by atoms with van der Waals surface area (Å²) in [6.45, 7) is 3.72. The highest BCUT2D eigenvalue weighted by Gasteiger charge is 2.27. The Balaban J connectivity index is 2.43. The van der Waals surface area contributed by atoms with Crippen molar-refractivity contribution in [3.63, 3.8) is 0 Å². The van der Waals surface area contributed by atoms with Crippen molar-refractivity contribution in [1.29, 1.82) is 0 Å². The van der Waals surface area contributed by atoms with Gasteiger partial charge in [0.1, 0.15) is 5.84 Å². The van der Waals surface area contributed by atoms with Crippen molar-refractivity contribution in [1.82, 2.24) is 9.88 Å². The minimum Gasteiger partial charge on any atom is -0.362 e. The van der Waals surface area contributed by atoms with Crippen molar-refractivity contribution in [2.24, 2.45) is 4.99 Å². The van der Waals surface area contributed by atoms with Gasteiger partial charge in [0.05, 0.1) is 11.4 Å². The average Bonchev–Trinajstić information content (AvgIpc) is 2.52. The smallest absolute Gasteiger partial charge is 0.362 e. The lowest BCUT2D eigenvalue weighted by molar-refractivity contribution is -0.105. The van der Waals surface area contributed by atoms with Gasteiger partial charge in [-0.1, -0.05) is 6.07 Å². The Morgan fingerprint density at radius 1 is 1.20 bits per heavy atom. The summed E-state index contributed by atoms with van der Waals surface area (Å²) in [6.07, 6.45) is -0.808. The molecule has 0 unspecified atom stereocenters. The third-order valence-corrected chi connectivity index (χ3v) is 4.68. The minimum absolute atomic E-state index is 0.589. The molecule has 2 aromatic rings. The molecule has 0 amide bonds. The standard InChI is InChI=1S/C18H20F3N3S/c1-12-8-13(2)16(25-11-18(19,20)21)9-15(12)23-17(24(3)4)14-6-5-7-22-10-14/h5-10H,11H2,1-4H3/b23-17-. The second-order valence-corrected chi connectivity index (χ2v) is 6.90. The first-order valence-electron chi connectivity index (χ1n) is 7.64. The molecule has 0 N–H and O–H groups in total. The fraction of sp³-hybridized carbons (Fsp3) is 0.333. The van der Waals surface area contributed by atoms with E-state index in [2.05, 4.69) is 9.98 Å². The fourth-order valence-electron chi connectivity index (χ4n) is 2.29. The molecule has 0 fully saturated rings. The molecule has 0 saturated carbocycles. The normalized spacial score (nSPS) is 12.4. The van der Waals surface area contributed by atoms with E-state index < -0.39 is 11.9 Å². The zero-order valence-corrected chi connectivity index (χ0v) is 15.4. The number of aryl methyl sites for hydroxylation is 2. The van der Waals surface area contributed by atoms with E-state index in [1.165, 1.54) is 0 Å². The van der Waals surface area contributed by atoms with Crippen LogP contribution in [0.15, 0.2) is 46.5 Å². The van der Waals surface area contributed by atoms with Crippen LogP contribution >= 0.6 is 11.8 Å². The topological polar surface area (TPSA) is 28.5 Å². The van der Waals surface area contributed by atoms with Crippen LogP contribution < -0.4 is 0 Å². The maximum atomic E-state index is 12.5. The molecule has 7 heteroatoms. The van der Waals surface area contributed by atoms with Crippen molar-refractivity contribution in [2.75, 3.05) is 19.8 Å². The quantitative estimate of drug-likeness (QED) is 0.433. The van der Waals surface area contributed by atoms with Gasteiger partial charge in [-0.15, -0.1) is 11.8 Å². The summed E-state index contributed by atoms with van der Waals surface area (Å²) < 4.78 is 37.6. The van der Waals surface area contributed by atoms with Gasteiger partial charge in [-0.2, -0.15) is 13.2 Å². The number of hydrogen-bond acceptors (Lipinski definition) is 3. The van der Waals surface area contributed by atoms with E-state index in [-0.39, 0.29) is 0 Å². The van der Waals surface area contributed by atoms with Crippen LogP contribution in [0.1, 0.15) is 16.7 Å². The summed E-state index contributed by atoms with van der Waals surface area (Å²) in [5.74, 6) is -0.213. The van der Waals surface area contributed by atoms with E-state index in [4.69, 9.17) is 0 Å². The van der Waals surface area contributed by atoms with Gasteiger partial charge in [-0.25, -0.2) is 4.99 Å². The first-order valence-corrected chi connectivity index (χ1v) is 8.63. The van der Waals surface area contributed by atoms with E-state index >= 15 is 0 Å². The van der Waals surface area contributed by atoms with Crippen LogP contribution in [0.3, 0.4) is 0 Å². The lowest BCUT2D eigenvalue weighted by Crippen LogP contribution is -2.23. The van der Waals surface area contributed by atoms with Crippen LogP contribution in [0.2, 0.25) is 0 Å². The molecule has 1 aromatic carbocycles. The Morgan fingerprint density at radius 3 is 2.48 bits per heavy atom. The van der Waals surface area contributed by atoms with Crippen molar-refractivity contribution >= 4 is 23.3 Å². The number of thioether (sulfide) groups is 1. The molecular formula is C18H20F3N3S. The summed E-state index contributed by atoms with van der Waals surface area (Å²) in [6, 6.07) is 7.31. The Labute approximate surface area is 150 Å². The molecule has 2 rings (SSSR count). The predicted octanol–water partition coefficient (Wildman–Crippen LogP) is 4.99. The van der Waals surface area contributed by atoms with Gasteiger partial charge in [0, 0.05) is 36.9 Å². The van der Waals surface area contributed by atoms with Gasteiger partial charge in [0.25, 0.3) is 0 Å². The van der Waals surface area contributed by atoms with Gasteiger partial charge in [-0.05, 0) is 43.2 Å².